The van der Waals surface area contributed by atoms with Gasteiger partial charge in [0.25, 0.3) is 0 Å². The Morgan fingerprint density at radius 2 is 1.45 bits per heavy atom. The Morgan fingerprint density at radius 1 is 0.700 bits per heavy atom. The molecule has 0 saturated heterocycles. The van der Waals surface area contributed by atoms with E-state index in [0.717, 1.165) is 4.47 Å². The largest absolute Gasteiger partial charge is 0.134 e. The summed E-state index contributed by atoms with van der Waals surface area (Å²) >= 11 is 5.59. The van der Waals surface area contributed by atoms with E-state index >= 15 is 0 Å². The zero-order valence-electron chi connectivity index (χ0n) is 10.6. The van der Waals surface area contributed by atoms with Crippen LogP contribution in [0.3, 0.4) is 0 Å². The minimum atomic E-state index is 1.16. The van der Waals surface area contributed by atoms with Crippen LogP contribution >= 0.6 is 27.3 Å². The van der Waals surface area contributed by atoms with Crippen molar-refractivity contribution in [2.75, 3.05) is 0 Å². The van der Waals surface area contributed by atoms with Crippen LogP contribution in [0.1, 0.15) is 0 Å². The number of hydrogen-bond acceptors (Lipinski definition) is 1. The lowest BCUT2D eigenvalue weighted by atomic mass is 10.0. The molecule has 96 valence electrons. The molecule has 1 aromatic heterocycles. The molecule has 0 aliphatic rings. The van der Waals surface area contributed by atoms with E-state index in [1.165, 1.54) is 31.3 Å². The highest BCUT2D eigenvalue weighted by molar-refractivity contribution is 9.10. The van der Waals surface area contributed by atoms with Crippen molar-refractivity contribution in [2.45, 2.75) is 0 Å². The molecule has 0 N–H and O–H groups in total. The summed E-state index contributed by atoms with van der Waals surface area (Å²) in [6, 6.07) is 23.6. The fourth-order valence-corrected chi connectivity index (χ4v) is 4.60. The van der Waals surface area contributed by atoms with Gasteiger partial charge in [-0.1, -0.05) is 70.5 Å². The second-order valence-corrected chi connectivity index (χ2v) is 6.67. The Kier molecular flexibility index (Phi) is 2.86. The SMILES string of the molecule is Brc1ccc2c(sc3ccccc32)c1-c1ccccc1. The normalized spacial score (nSPS) is 11.2. The molecule has 4 aromatic rings. The van der Waals surface area contributed by atoms with E-state index in [2.05, 4.69) is 82.7 Å². The van der Waals surface area contributed by atoms with Crippen molar-refractivity contribution in [3.63, 3.8) is 0 Å². The molecule has 0 fully saturated rings. The van der Waals surface area contributed by atoms with Crippen LogP contribution in [-0.2, 0) is 0 Å². The molecule has 0 radical (unpaired) electrons. The fraction of sp³-hybridized carbons (Fsp3) is 0. The molecule has 3 aromatic carbocycles. The van der Waals surface area contributed by atoms with Crippen molar-refractivity contribution in [1.82, 2.24) is 0 Å². The lowest BCUT2D eigenvalue weighted by Gasteiger charge is -2.06. The van der Waals surface area contributed by atoms with Crippen LogP contribution in [0.25, 0.3) is 31.3 Å². The van der Waals surface area contributed by atoms with Crippen LogP contribution in [-0.4, -0.2) is 0 Å². The molecule has 0 saturated carbocycles. The second-order valence-electron chi connectivity index (χ2n) is 4.76. The van der Waals surface area contributed by atoms with Gasteiger partial charge in [0.15, 0.2) is 0 Å². The van der Waals surface area contributed by atoms with Gasteiger partial charge in [-0.15, -0.1) is 11.3 Å². The molecule has 0 atom stereocenters. The molecule has 2 heteroatoms. The van der Waals surface area contributed by atoms with Gasteiger partial charge in [0.05, 0.1) is 0 Å². The number of halogens is 1. The number of benzene rings is 3. The third kappa shape index (κ3) is 1.80. The van der Waals surface area contributed by atoms with Gasteiger partial charge >= 0.3 is 0 Å². The van der Waals surface area contributed by atoms with Crippen LogP contribution in [0.15, 0.2) is 71.2 Å². The van der Waals surface area contributed by atoms with Crippen molar-refractivity contribution >= 4 is 47.4 Å². The first-order valence-electron chi connectivity index (χ1n) is 6.50. The van der Waals surface area contributed by atoms with Crippen molar-refractivity contribution < 1.29 is 0 Å². The summed E-state index contributed by atoms with van der Waals surface area (Å²) in [6.07, 6.45) is 0. The first-order chi connectivity index (χ1) is 9.84. The van der Waals surface area contributed by atoms with Gasteiger partial charge in [0, 0.05) is 30.2 Å². The highest BCUT2D eigenvalue weighted by Crippen LogP contribution is 2.43. The Balaban J connectivity index is 2.17. The fourth-order valence-electron chi connectivity index (χ4n) is 2.64. The number of hydrogen-bond donors (Lipinski definition) is 0. The predicted octanol–water partition coefficient (Wildman–Crippen LogP) is 6.48. The molecule has 0 amide bonds. The summed E-state index contributed by atoms with van der Waals surface area (Å²) in [5.41, 5.74) is 2.56. The first kappa shape index (κ1) is 12.1. The number of fused-ring (bicyclic) bond motifs is 3. The molecule has 20 heavy (non-hydrogen) atoms. The van der Waals surface area contributed by atoms with Gasteiger partial charge in [-0.05, 0) is 17.7 Å². The smallest absolute Gasteiger partial charge is 0.0445 e. The van der Waals surface area contributed by atoms with Crippen LogP contribution in [0, 0.1) is 0 Å². The van der Waals surface area contributed by atoms with Crippen molar-refractivity contribution in [3.8, 4) is 11.1 Å². The third-order valence-electron chi connectivity index (χ3n) is 3.56. The van der Waals surface area contributed by atoms with Crippen molar-refractivity contribution in [1.29, 1.82) is 0 Å². The van der Waals surface area contributed by atoms with E-state index in [1.54, 1.807) is 0 Å². The number of thiophene rings is 1. The summed E-state index contributed by atoms with van der Waals surface area (Å²) in [4.78, 5) is 0. The maximum absolute atomic E-state index is 3.72. The van der Waals surface area contributed by atoms with E-state index in [9.17, 15) is 0 Å². The van der Waals surface area contributed by atoms with Crippen LogP contribution in [0.2, 0.25) is 0 Å². The quantitative estimate of drug-likeness (QED) is 0.372. The molecule has 0 spiro atoms. The van der Waals surface area contributed by atoms with E-state index in [-0.39, 0.29) is 0 Å². The maximum atomic E-state index is 3.72. The summed E-state index contributed by atoms with van der Waals surface area (Å²) < 4.78 is 3.85. The van der Waals surface area contributed by atoms with E-state index in [4.69, 9.17) is 0 Å². The lowest BCUT2D eigenvalue weighted by molar-refractivity contribution is 1.65. The first-order valence-corrected chi connectivity index (χ1v) is 8.11. The third-order valence-corrected chi connectivity index (χ3v) is 5.42. The standard InChI is InChI=1S/C18H11BrS/c19-15-11-10-14-13-8-4-5-9-16(13)20-18(14)17(15)12-6-2-1-3-7-12/h1-11H. The van der Waals surface area contributed by atoms with Gasteiger partial charge in [-0.2, -0.15) is 0 Å². The molecule has 0 unspecified atom stereocenters. The zero-order valence-corrected chi connectivity index (χ0v) is 13.0. The minimum absolute atomic E-state index is 1.16. The Hall–Kier alpha value is -1.64. The van der Waals surface area contributed by atoms with Gasteiger partial charge in [0.2, 0.25) is 0 Å². The number of rotatable bonds is 1. The average molecular weight is 339 g/mol. The Labute approximate surface area is 129 Å². The van der Waals surface area contributed by atoms with E-state index in [0.29, 0.717) is 0 Å². The Bertz CT molecular complexity index is 907. The van der Waals surface area contributed by atoms with Gasteiger partial charge in [-0.3, -0.25) is 0 Å². The van der Waals surface area contributed by atoms with Crippen molar-refractivity contribution in [3.05, 3.63) is 71.2 Å². The van der Waals surface area contributed by atoms with Crippen molar-refractivity contribution in [2.24, 2.45) is 0 Å². The second kappa shape index (κ2) is 4.72. The molecule has 1 heterocycles. The average Bonchev–Trinajstić information content (AvgIpc) is 2.86. The maximum Gasteiger partial charge on any atom is 0.0445 e. The van der Waals surface area contributed by atoms with E-state index < -0.39 is 0 Å². The minimum Gasteiger partial charge on any atom is -0.134 e. The molecule has 0 nitrogen and oxygen atoms in total. The highest BCUT2D eigenvalue weighted by atomic mass is 79.9. The summed E-state index contributed by atoms with van der Waals surface area (Å²) in [6.45, 7) is 0. The monoisotopic (exact) mass is 338 g/mol. The molecule has 0 aliphatic carbocycles. The zero-order chi connectivity index (χ0) is 13.5. The summed E-state index contributed by atoms with van der Waals surface area (Å²) in [5.74, 6) is 0. The molecular weight excluding hydrogens is 328 g/mol. The summed E-state index contributed by atoms with van der Waals surface area (Å²) in [5, 5.41) is 2.69. The van der Waals surface area contributed by atoms with Gasteiger partial charge < -0.3 is 0 Å². The molecule has 0 bridgehead atoms. The van der Waals surface area contributed by atoms with Crippen LogP contribution < -0.4 is 0 Å². The van der Waals surface area contributed by atoms with Gasteiger partial charge in [-0.25, -0.2) is 0 Å². The summed E-state index contributed by atoms with van der Waals surface area (Å²) in [7, 11) is 0. The Morgan fingerprint density at radius 3 is 2.30 bits per heavy atom. The topological polar surface area (TPSA) is 0 Å². The van der Waals surface area contributed by atoms with Crippen LogP contribution in [0.5, 0.6) is 0 Å². The molecular formula is C18H11BrS. The highest BCUT2D eigenvalue weighted by Gasteiger charge is 2.12. The molecule has 4 rings (SSSR count). The predicted molar refractivity (Wildman–Crippen MR) is 92.5 cm³/mol. The molecule has 0 aliphatic heterocycles. The lowest BCUT2D eigenvalue weighted by Crippen LogP contribution is -1.80. The van der Waals surface area contributed by atoms with Crippen LogP contribution in [0.4, 0.5) is 0 Å². The van der Waals surface area contributed by atoms with E-state index in [1.807, 2.05) is 11.3 Å². The van der Waals surface area contributed by atoms with Gasteiger partial charge in [0.1, 0.15) is 0 Å².